The molecule has 0 bridgehead atoms. The molecule has 0 heterocycles. The second kappa shape index (κ2) is 4.88. The molecule has 0 fully saturated rings. The monoisotopic (exact) mass is 329 g/mol. The van der Waals surface area contributed by atoms with Crippen LogP contribution in [0.3, 0.4) is 0 Å². The van der Waals surface area contributed by atoms with Crippen LogP contribution in [0.1, 0.15) is 52.7 Å². The number of benzene rings is 4. The van der Waals surface area contributed by atoms with Crippen molar-refractivity contribution in [3.05, 3.63) is 53.6 Å². The Labute approximate surface area is 150 Å². The SMILES string of the molecule is CC(C)(C)c1cc2ccc3cc(C(C)(C)C)c(N)c4ccc(c1)c2c34. The highest BCUT2D eigenvalue weighted by Gasteiger charge is 2.22. The summed E-state index contributed by atoms with van der Waals surface area (Å²) in [6, 6.07) is 15.9. The summed E-state index contributed by atoms with van der Waals surface area (Å²) in [4.78, 5) is 0. The number of nitrogen functional groups attached to an aromatic ring is 1. The zero-order chi connectivity index (χ0) is 18.1. The van der Waals surface area contributed by atoms with Gasteiger partial charge in [-0.05, 0) is 55.0 Å². The molecule has 0 aromatic heterocycles. The predicted octanol–water partition coefficient (Wildman–Crippen LogP) is 6.76. The maximum atomic E-state index is 6.61. The van der Waals surface area contributed by atoms with E-state index in [1.807, 2.05) is 0 Å². The lowest BCUT2D eigenvalue weighted by Crippen LogP contribution is -2.14. The van der Waals surface area contributed by atoms with E-state index in [1.54, 1.807) is 0 Å². The third kappa shape index (κ3) is 2.37. The Morgan fingerprint density at radius 1 is 0.640 bits per heavy atom. The van der Waals surface area contributed by atoms with Gasteiger partial charge in [0.05, 0.1) is 0 Å². The van der Waals surface area contributed by atoms with Crippen molar-refractivity contribution in [1.29, 1.82) is 0 Å². The molecule has 0 aliphatic heterocycles. The first-order valence-electron chi connectivity index (χ1n) is 9.09. The van der Waals surface area contributed by atoms with Crippen molar-refractivity contribution in [2.45, 2.75) is 52.4 Å². The molecular formula is C24H27N. The summed E-state index contributed by atoms with van der Waals surface area (Å²) in [7, 11) is 0. The molecule has 25 heavy (non-hydrogen) atoms. The summed E-state index contributed by atoms with van der Waals surface area (Å²) in [6.07, 6.45) is 0. The average molecular weight is 329 g/mol. The van der Waals surface area contributed by atoms with Crippen LogP contribution in [0, 0.1) is 0 Å². The van der Waals surface area contributed by atoms with E-state index in [0.717, 1.165) is 5.69 Å². The molecule has 0 aliphatic carbocycles. The number of rotatable bonds is 0. The van der Waals surface area contributed by atoms with Crippen LogP contribution in [0.5, 0.6) is 0 Å². The van der Waals surface area contributed by atoms with Crippen LogP contribution in [-0.2, 0) is 10.8 Å². The molecule has 0 amide bonds. The van der Waals surface area contributed by atoms with Gasteiger partial charge in [0.25, 0.3) is 0 Å². The van der Waals surface area contributed by atoms with Gasteiger partial charge >= 0.3 is 0 Å². The van der Waals surface area contributed by atoms with Gasteiger partial charge in [-0.2, -0.15) is 0 Å². The first kappa shape index (κ1) is 16.2. The number of hydrogen-bond acceptors (Lipinski definition) is 1. The van der Waals surface area contributed by atoms with Crippen LogP contribution in [0.15, 0.2) is 42.5 Å². The Hall–Kier alpha value is -2.28. The maximum absolute atomic E-state index is 6.61. The zero-order valence-corrected chi connectivity index (χ0v) is 16.1. The fourth-order valence-corrected chi connectivity index (χ4v) is 3.97. The minimum absolute atomic E-state index is 0.0357. The smallest absolute Gasteiger partial charge is 0.0432 e. The number of hydrogen-bond donors (Lipinski definition) is 1. The summed E-state index contributed by atoms with van der Waals surface area (Å²) in [5.41, 5.74) is 10.3. The summed E-state index contributed by atoms with van der Waals surface area (Å²) in [6.45, 7) is 13.5. The molecular weight excluding hydrogens is 302 g/mol. The minimum atomic E-state index is 0.0357. The molecule has 0 radical (unpaired) electrons. The first-order chi connectivity index (χ1) is 11.6. The maximum Gasteiger partial charge on any atom is 0.0432 e. The Kier molecular flexibility index (Phi) is 3.16. The van der Waals surface area contributed by atoms with Crippen LogP contribution in [-0.4, -0.2) is 0 Å². The third-order valence-corrected chi connectivity index (χ3v) is 5.43. The molecule has 128 valence electrons. The van der Waals surface area contributed by atoms with Gasteiger partial charge in [-0.25, -0.2) is 0 Å². The quantitative estimate of drug-likeness (QED) is 0.280. The highest BCUT2D eigenvalue weighted by Crippen LogP contribution is 2.42. The van der Waals surface area contributed by atoms with Gasteiger partial charge < -0.3 is 5.73 Å². The van der Waals surface area contributed by atoms with E-state index in [2.05, 4.69) is 84.0 Å². The summed E-state index contributed by atoms with van der Waals surface area (Å²) < 4.78 is 0. The lowest BCUT2D eigenvalue weighted by molar-refractivity contribution is 0.591. The molecule has 1 nitrogen and oxygen atoms in total. The largest absolute Gasteiger partial charge is 0.398 e. The number of anilines is 1. The molecule has 0 unspecified atom stereocenters. The van der Waals surface area contributed by atoms with Gasteiger partial charge in [-0.15, -0.1) is 0 Å². The molecule has 0 spiro atoms. The van der Waals surface area contributed by atoms with E-state index in [-0.39, 0.29) is 10.8 Å². The summed E-state index contributed by atoms with van der Waals surface area (Å²) in [5.74, 6) is 0. The standard InChI is InChI=1S/C24H27N/c1-23(2,3)17-11-14-7-8-16-13-19(24(4,5)6)22(25)18-10-9-15(12-17)20(14)21(16)18/h7-13H,25H2,1-6H3. The van der Waals surface area contributed by atoms with E-state index in [9.17, 15) is 0 Å². The van der Waals surface area contributed by atoms with E-state index in [4.69, 9.17) is 5.73 Å². The van der Waals surface area contributed by atoms with Crippen molar-refractivity contribution < 1.29 is 0 Å². The van der Waals surface area contributed by atoms with E-state index >= 15 is 0 Å². The van der Waals surface area contributed by atoms with Gasteiger partial charge in [0.1, 0.15) is 0 Å². The molecule has 2 N–H and O–H groups in total. The first-order valence-corrected chi connectivity index (χ1v) is 9.09. The average Bonchev–Trinajstić information content (AvgIpc) is 2.51. The van der Waals surface area contributed by atoms with Crippen LogP contribution in [0.2, 0.25) is 0 Å². The molecule has 0 atom stereocenters. The molecule has 4 aromatic rings. The summed E-state index contributed by atoms with van der Waals surface area (Å²) in [5, 5.41) is 7.74. The molecule has 0 saturated heterocycles. The van der Waals surface area contributed by atoms with Crippen molar-refractivity contribution in [1.82, 2.24) is 0 Å². The van der Waals surface area contributed by atoms with E-state index < -0.39 is 0 Å². The Balaban J connectivity index is 2.18. The second-order valence-corrected chi connectivity index (χ2v) is 9.41. The third-order valence-electron chi connectivity index (χ3n) is 5.43. The van der Waals surface area contributed by atoms with Gasteiger partial charge in [0.2, 0.25) is 0 Å². The summed E-state index contributed by atoms with van der Waals surface area (Å²) >= 11 is 0. The Bertz CT molecular complexity index is 1090. The second-order valence-electron chi connectivity index (χ2n) is 9.41. The fraction of sp³-hybridized carbons (Fsp3) is 0.333. The van der Waals surface area contributed by atoms with Gasteiger partial charge in [0, 0.05) is 11.1 Å². The van der Waals surface area contributed by atoms with Gasteiger partial charge in [0.15, 0.2) is 0 Å². The topological polar surface area (TPSA) is 26.0 Å². The van der Waals surface area contributed by atoms with Crippen LogP contribution in [0.4, 0.5) is 5.69 Å². The van der Waals surface area contributed by atoms with Crippen LogP contribution >= 0.6 is 0 Å². The molecule has 0 aliphatic rings. The molecule has 4 aromatic carbocycles. The van der Waals surface area contributed by atoms with Crippen molar-refractivity contribution >= 4 is 38.0 Å². The highest BCUT2D eigenvalue weighted by molar-refractivity contribution is 6.25. The van der Waals surface area contributed by atoms with Gasteiger partial charge in [-0.1, -0.05) is 77.9 Å². The fourth-order valence-electron chi connectivity index (χ4n) is 3.97. The van der Waals surface area contributed by atoms with Crippen molar-refractivity contribution in [3.63, 3.8) is 0 Å². The lowest BCUT2D eigenvalue weighted by Gasteiger charge is -2.25. The van der Waals surface area contributed by atoms with Crippen LogP contribution < -0.4 is 5.73 Å². The molecule has 1 heteroatoms. The van der Waals surface area contributed by atoms with Crippen LogP contribution in [0.25, 0.3) is 32.3 Å². The highest BCUT2D eigenvalue weighted by atomic mass is 14.6. The van der Waals surface area contributed by atoms with E-state index in [1.165, 1.54) is 43.4 Å². The normalized spacial score (nSPS) is 13.4. The predicted molar refractivity (Wildman–Crippen MR) is 112 cm³/mol. The van der Waals surface area contributed by atoms with Crippen molar-refractivity contribution in [2.24, 2.45) is 0 Å². The van der Waals surface area contributed by atoms with E-state index in [0.29, 0.717) is 0 Å². The molecule has 0 saturated carbocycles. The van der Waals surface area contributed by atoms with Crippen molar-refractivity contribution in [3.8, 4) is 0 Å². The van der Waals surface area contributed by atoms with Gasteiger partial charge in [-0.3, -0.25) is 0 Å². The zero-order valence-electron chi connectivity index (χ0n) is 16.1. The lowest BCUT2D eigenvalue weighted by atomic mass is 9.80. The minimum Gasteiger partial charge on any atom is -0.398 e. The Morgan fingerprint density at radius 2 is 1.16 bits per heavy atom. The Morgan fingerprint density at radius 3 is 1.68 bits per heavy atom. The molecule has 4 rings (SSSR count). The van der Waals surface area contributed by atoms with Crippen molar-refractivity contribution in [2.75, 3.05) is 5.73 Å². The number of nitrogens with two attached hydrogens (primary N) is 1.